The van der Waals surface area contributed by atoms with Gasteiger partial charge in [0.25, 0.3) is 0 Å². The fraction of sp³-hybridized carbons (Fsp3) is 0.500. The van der Waals surface area contributed by atoms with E-state index in [1.54, 1.807) is 0 Å². The largest absolute Gasteiger partial charge is 0.665 e. The van der Waals surface area contributed by atoms with Crippen LogP contribution in [-0.2, 0) is 15.5 Å². The molecule has 1 rings (SSSR count). The standard InChI is InChI=1S/C12H13F4N2O4PS2/c1-18(17-20)23(21)22-4-6-25-24-5-2-3-7-8(13)10(15)12(19)11(16)9(7)14/h2-6H2,1H3/p+1. The van der Waals surface area contributed by atoms with Crippen molar-refractivity contribution in [2.75, 3.05) is 25.2 Å². The highest BCUT2D eigenvalue weighted by atomic mass is 33.1. The topological polar surface area (TPSA) is 79.2 Å². The SMILES string of the molecule is CN(N=O)[P+](=O)OCCSSCCCc1c(F)c(F)c(O)c(F)c1F. The second-order valence-corrected chi connectivity index (χ2v) is 8.49. The van der Waals surface area contributed by atoms with Crippen molar-refractivity contribution in [1.29, 1.82) is 0 Å². The van der Waals surface area contributed by atoms with Gasteiger partial charge in [-0.25, -0.2) is 8.78 Å². The number of nitroso groups, excluding NO2 is 1. The van der Waals surface area contributed by atoms with Crippen LogP contribution in [0.5, 0.6) is 5.75 Å². The molecule has 0 aliphatic carbocycles. The lowest BCUT2D eigenvalue weighted by Crippen LogP contribution is -2.04. The Kier molecular flexibility index (Phi) is 9.47. The van der Waals surface area contributed by atoms with E-state index in [9.17, 15) is 27.0 Å². The Balaban J connectivity index is 2.29. The normalized spacial score (nSPS) is 11.5. The maximum absolute atomic E-state index is 13.5. The summed E-state index contributed by atoms with van der Waals surface area (Å²) in [5, 5.41) is 11.3. The molecule has 1 unspecified atom stereocenters. The molecule has 1 aromatic rings. The molecule has 0 radical (unpaired) electrons. The fourth-order valence-corrected chi connectivity index (χ4v) is 4.09. The highest BCUT2D eigenvalue weighted by Crippen LogP contribution is 2.31. The molecule has 0 heterocycles. The average Bonchev–Trinajstić information content (AvgIpc) is 2.61. The second-order valence-electron chi connectivity index (χ2n) is 4.47. The lowest BCUT2D eigenvalue weighted by molar-refractivity contribution is 0.312. The van der Waals surface area contributed by atoms with E-state index in [2.05, 4.69) is 5.29 Å². The number of nitrogens with zero attached hydrogens (tertiary/aromatic N) is 2. The molecule has 0 saturated carbocycles. The van der Waals surface area contributed by atoms with Gasteiger partial charge in [-0.2, -0.15) is 8.78 Å². The van der Waals surface area contributed by atoms with E-state index >= 15 is 0 Å². The van der Waals surface area contributed by atoms with Crippen molar-refractivity contribution in [3.8, 4) is 5.75 Å². The predicted molar refractivity (Wildman–Crippen MR) is 88.3 cm³/mol. The average molecular weight is 421 g/mol. The zero-order valence-electron chi connectivity index (χ0n) is 12.9. The molecule has 0 aliphatic heterocycles. The number of aromatic hydroxyl groups is 1. The minimum Gasteiger partial charge on any atom is -0.503 e. The summed E-state index contributed by atoms with van der Waals surface area (Å²) in [6.45, 7) is 0.102. The molecule has 140 valence electrons. The lowest BCUT2D eigenvalue weighted by Gasteiger charge is -2.08. The van der Waals surface area contributed by atoms with Crippen LogP contribution in [0, 0.1) is 28.2 Å². The van der Waals surface area contributed by atoms with E-state index in [0.29, 0.717) is 16.3 Å². The summed E-state index contributed by atoms with van der Waals surface area (Å²) in [6.07, 6.45) is -0.000408. The first-order chi connectivity index (χ1) is 11.8. The van der Waals surface area contributed by atoms with Crippen molar-refractivity contribution in [3.63, 3.8) is 0 Å². The maximum Gasteiger partial charge on any atom is 0.665 e. The van der Waals surface area contributed by atoms with Gasteiger partial charge in [-0.05, 0) is 17.6 Å². The molecule has 13 heteroatoms. The molecule has 0 saturated heterocycles. The van der Waals surface area contributed by atoms with E-state index in [4.69, 9.17) is 9.63 Å². The Morgan fingerprint density at radius 2 is 1.68 bits per heavy atom. The quantitative estimate of drug-likeness (QED) is 0.107. The van der Waals surface area contributed by atoms with Crippen LogP contribution in [0.3, 0.4) is 0 Å². The fourth-order valence-electron chi connectivity index (χ4n) is 1.57. The molecule has 0 fully saturated rings. The van der Waals surface area contributed by atoms with Gasteiger partial charge in [0.15, 0.2) is 17.4 Å². The van der Waals surface area contributed by atoms with Crippen molar-refractivity contribution in [2.24, 2.45) is 5.29 Å². The number of hydrogen-bond donors (Lipinski definition) is 1. The summed E-state index contributed by atoms with van der Waals surface area (Å²) in [7, 11) is 1.55. The molecular weight excluding hydrogens is 407 g/mol. The van der Waals surface area contributed by atoms with Gasteiger partial charge in [0.05, 0.1) is 12.3 Å². The zero-order valence-corrected chi connectivity index (χ0v) is 15.4. The van der Waals surface area contributed by atoms with Gasteiger partial charge in [0.2, 0.25) is 11.6 Å². The summed E-state index contributed by atoms with van der Waals surface area (Å²) in [5.74, 6) is -7.62. The van der Waals surface area contributed by atoms with Crippen LogP contribution in [0.4, 0.5) is 17.6 Å². The molecule has 6 nitrogen and oxygen atoms in total. The van der Waals surface area contributed by atoms with Gasteiger partial charge in [-0.3, -0.25) is 0 Å². The van der Waals surface area contributed by atoms with Gasteiger partial charge in [-0.15, -0.1) is 9.43 Å². The van der Waals surface area contributed by atoms with Crippen LogP contribution >= 0.6 is 29.8 Å². The van der Waals surface area contributed by atoms with Crippen LogP contribution in [0.1, 0.15) is 12.0 Å². The Bertz CT molecular complexity index is 613. The first-order valence-corrected chi connectivity index (χ1v) is 10.4. The van der Waals surface area contributed by atoms with Crippen LogP contribution in [-0.4, -0.2) is 35.0 Å². The number of rotatable bonds is 11. The molecule has 1 aromatic carbocycles. The summed E-state index contributed by atoms with van der Waals surface area (Å²) < 4.78 is 70.1. The van der Waals surface area contributed by atoms with E-state index < -0.39 is 42.8 Å². The third-order valence-corrected chi connectivity index (χ3v) is 6.20. The van der Waals surface area contributed by atoms with Gasteiger partial charge < -0.3 is 5.11 Å². The van der Waals surface area contributed by atoms with Crippen LogP contribution in [0.2, 0.25) is 0 Å². The number of phenols is 1. The van der Waals surface area contributed by atoms with E-state index in [1.807, 2.05) is 0 Å². The number of hydrogen-bond acceptors (Lipinski definition) is 7. The van der Waals surface area contributed by atoms with E-state index in [1.165, 1.54) is 28.6 Å². The summed E-state index contributed by atoms with van der Waals surface area (Å²) in [6, 6.07) is 0. The Morgan fingerprint density at radius 3 is 2.24 bits per heavy atom. The van der Waals surface area contributed by atoms with Crippen molar-refractivity contribution < 1.29 is 31.8 Å². The molecule has 0 amide bonds. The number of benzene rings is 1. The minimum absolute atomic E-state index is 0.102. The van der Waals surface area contributed by atoms with Gasteiger partial charge >= 0.3 is 8.18 Å². The summed E-state index contributed by atoms with van der Waals surface area (Å²) >= 11 is 0. The Labute approximate surface area is 149 Å². The highest BCUT2D eigenvalue weighted by molar-refractivity contribution is 8.76. The predicted octanol–water partition coefficient (Wildman–Crippen LogP) is 4.55. The van der Waals surface area contributed by atoms with Crippen molar-refractivity contribution in [2.45, 2.75) is 12.8 Å². The molecule has 25 heavy (non-hydrogen) atoms. The van der Waals surface area contributed by atoms with Gasteiger partial charge in [-0.1, -0.05) is 21.6 Å². The van der Waals surface area contributed by atoms with E-state index in [0.717, 1.165) is 0 Å². The van der Waals surface area contributed by atoms with Gasteiger partial charge in [0, 0.05) is 21.6 Å². The van der Waals surface area contributed by atoms with Crippen molar-refractivity contribution in [3.05, 3.63) is 33.7 Å². The molecular formula is C12H14F4N2O4PS2+. The van der Waals surface area contributed by atoms with E-state index in [-0.39, 0.29) is 19.4 Å². The maximum atomic E-state index is 13.5. The second kappa shape index (κ2) is 10.8. The first-order valence-electron chi connectivity index (χ1n) is 6.76. The van der Waals surface area contributed by atoms with Crippen molar-refractivity contribution in [1.82, 2.24) is 4.78 Å². The molecule has 0 aromatic heterocycles. The monoisotopic (exact) mass is 421 g/mol. The Hall–Kier alpha value is -1.10. The minimum atomic E-state index is -2.31. The highest BCUT2D eigenvalue weighted by Gasteiger charge is 2.26. The molecule has 1 atom stereocenters. The molecule has 1 N–H and O–H groups in total. The van der Waals surface area contributed by atoms with Gasteiger partial charge in [0.1, 0.15) is 6.61 Å². The smallest absolute Gasteiger partial charge is 0.503 e. The van der Waals surface area contributed by atoms with Crippen LogP contribution in [0.15, 0.2) is 5.29 Å². The van der Waals surface area contributed by atoms with Crippen LogP contribution in [0.25, 0.3) is 0 Å². The number of halogens is 4. The first kappa shape index (κ1) is 21.9. The molecule has 0 bridgehead atoms. The third-order valence-electron chi connectivity index (χ3n) is 2.79. The Morgan fingerprint density at radius 1 is 1.12 bits per heavy atom. The molecule has 0 aliphatic rings. The third kappa shape index (κ3) is 6.28. The molecule has 0 spiro atoms. The number of phenolic OH excluding ortho intramolecular Hbond substituents is 1. The van der Waals surface area contributed by atoms with Crippen LogP contribution < -0.4 is 0 Å². The summed E-state index contributed by atoms with van der Waals surface area (Å²) in [4.78, 5) is 10.1. The summed E-state index contributed by atoms with van der Waals surface area (Å²) in [5.41, 5.74) is -0.747. The van der Waals surface area contributed by atoms with Crippen molar-refractivity contribution >= 4 is 29.8 Å². The lowest BCUT2D eigenvalue weighted by atomic mass is 10.1. The zero-order chi connectivity index (χ0) is 19.0.